The van der Waals surface area contributed by atoms with Crippen molar-refractivity contribution in [2.75, 3.05) is 6.61 Å². The molecule has 24 heavy (non-hydrogen) atoms. The predicted octanol–water partition coefficient (Wildman–Crippen LogP) is 4.08. The van der Waals surface area contributed by atoms with E-state index in [0.717, 1.165) is 6.07 Å². The lowest BCUT2D eigenvalue weighted by Crippen LogP contribution is -2.24. The number of nitrogens with zero attached hydrogens (tertiary/aromatic N) is 1. The Morgan fingerprint density at radius 2 is 1.88 bits per heavy atom. The van der Waals surface area contributed by atoms with E-state index in [2.05, 4.69) is 13.9 Å². The quantitative estimate of drug-likeness (QED) is 0.558. The van der Waals surface area contributed by atoms with Gasteiger partial charge in [-0.2, -0.15) is 13.2 Å². The van der Waals surface area contributed by atoms with Crippen LogP contribution in [0, 0.1) is 0 Å². The van der Waals surface area contributed by atoms with Crippen molar-refractivity contribution < 1.29 is 35.6 Å². The third-order valence-corrected chi connectivity index (χ3v) is 3.92. The van der Waals surface area contributed by atoms with Crippen molar-refractivity contribution in [3.05, 3.63) is 29.8 Å². The number of benzene rings is 1. The zero-order chi connectivity index (χ0) is 18.5. The minimum absolute atomic E-state index is 0.0370. The Labute approximate surface area is 138 Å². The zero-order valence-electron chi connectivity index (χ0n) is 13.1. The average molecular weight is 373 g/mol. The highest BCUT2D eigenvalue weighted by atomic mass is 32.2. The van der Waals surface area contributed by atoms with Crippen molar-refractivity contribution in [1.29, 1.82) is 0 Å². The van der Waals surface area contributed by atoms with Gasteiger partial charge >= 0.3 is 13.0 Å². The van der Waals surface area contributed by atoms with Gasteiger partial charge in [-0.3, -0.25) is 4.74 Å². The number of hydrogen-bond acceptors (Lipinski definition) is 3. The molecule has 1 unspecified atom stereocenters. The van der Waals surface area contributed by atoms with Crippen LogP contribution in [-0.4, -0.2) is 34.2 Å². The van der Waals surface area contributed by atoms with E-state index in [0.29, 0.717) is 0 Å². The van der Waals surface area contributed by atoms with Crippen LogP contribution in [0.1, 0.15) is 26.3 Å². The van der Waals surface area contributed by atoms with Gasteiger partial charge in [0, 0.05) is 5.56 Å². The first-order valence-electron chi connectivity index (χ1n) is 6.64. The molecule has 1 aromatic rings. The summed E-state index contributed by atoms with van der Waals surface area (Å²) >= 11 is 0. The van der Waals surface area contributed by atoms with Crippen LogP contribution in [0.2, 0.25) is 0 Å². The Morgan fingerprint density at radius 3 is 2.38 bits per heavy atom. The lowest BCUT2D eigenvalue weighted by atomic mass is 10.1. The van der Waals surface area contributed by atoms with Crippen molar-refractivity contribution in [1.82, 2.24) is 0 Å². The second-order valence-corrected chi connectivity index (χ2v) is 7.45. The summed E-state index contributed by atoms with van der Waals surface area (Å²) in [6.45, 7) is 0.668. The molecule has 4 nitrogen and oxygen atoms in total. The van der Waals surface area contributed by atoms with E-state index in [-0.39, 0.29) is 17.0 Å². The fraction of sp³-hybridized carbons (Fsp3) is 0.500. The van der Waals surface area contributed by atoms with Crippen LogP contribution in [0.15, 0.2) is 28.7 Å². The first kappa shape index (κ1) is 20.5. The van der Waals surface area contributed by atoms with Crippen molar-refractivity contribution in [2.24, 2.45) is 4.40 Å². The van der Waals surface area contributed by atoms with E-state index in [1.165, 1.54) is 18.2 Å². The average Bonchev–Trinajstić information content (AvgIpc) is 2.40. The molecule has 0 bridgehead atoms. The van der Waals surface area contributed by atoms with E-state index in [1.54, 1.807) is 20.8 Å². The molecule has 0 aromatic heterocycles. The fourth-order valence-corrected chi connectivity index (χ4v) is 2.03. The summed E-state index contributed by atoms with van der Waals surface area (Å²) in [5.41, 5.74) is -0.254. The molecule has 1 aromatic carbocycles. The minimum Gasteiger partial charge on any atom is -0.435 e. The highest BCUT2D eigenvalue weighted by Gasteiger charge is 2.30. The van der Waals surface area contributed by atoms with Crippen LogP contribution in [0.5, 0.6) is 5.75 Å². The normalized spacial score (nSPS) is 14.8. The van der Waals surface area contributed by atoms with Gasteiger partial charge in [0.1, 0.15) is 16.7 Å². The standard InChI is InChI=1S/C14H16F5NO3S/c1-13(2,3)24(21)20-11(8-22-14(17,18)19)9-5-4-6-10(7-9)23-12(15)16/h4-7,12H,8H2,1-3H3. The third kappa shape index (κ3) is 7.35. The smallest absolute Gasteiger partial charge is 0.435 e. The highest BCUT2D eigenvalue weighted by Crippen LogP contribution is 2.21. The lowest BCUT2D eigenvalue weighted by molar-refractivity contribution is -0.317. The van der Waals surface area contributed by atoms with Crippen LogP contribution >= 0.6 is 0 Å². The Kier molecular flexibility index (Phi) is 6.85. The molecule has 0 saturated heterocycles. The molecule has 0 spiro atoms. The Balaban J connectivity index is 3.17. The minimum atomic E-state index is -4.92. The molecule has 0 N–H and O–H groups in total. The van der Waals surface area contributed by atoms with Crippen LogP contribution in [0.4, 0.5) is 22.0 Å². The maximum absolute atomic E-state index is 12.3. The summed E-state index contributed by atoms with van der Waals surface area (Å²) in [7, 11) is -1.86. The summed E-state index contributed by atoms with van der Waals surface area (Å²) < 4.78 is 84.3. The van der Waals surface area contributed by atoms with Gasteiger partial charge in [-0.15, -0.1) is 13.2 Å². The van der Waals surface area contributed by atoms with Crippen LogP contribution in [0.3, 0.4) is 0 Å². The van der Waals surface area contributed by atoms with Gasteiger partial charge in [0.2, 0.25) is 0 Å². The van der Waals surface area contributed by atoms with E-state index in [4.69, 9.17) is 0 Å². The maximum Gasteiger partial charge on any atom is 0.522 e. The van der Waals surface area contributed by atoms with E-state index in [9.17, 15) is 26.2 Å². The molecule has 0 fully saturated rings. The van der Waals surface area contributed by atoms with E-state index in [1.807, 2.05) is 0 Å². The summed E-state index contributed by atoms with van der Waals surface area (Å²) in [6, 6.07) is 4.91. The van der Waals surface area contributed by atoms with Crippen molar-refractivity contribution in [3.63, 3.8) is 0 Å². The highest BCUT2D eigenvalue weighted by molar-refractivity contribution is 7.85. The Morgan fingerprint density at radius 1 is 1.25 bits per heavy atom. The van der Waals surface area contributed by atoms with E-state index >= 15 is 0 Å². The molecule has 0 amide bonds. The zero-order valence-corrected chi connectivity index (χ0v) is 13.9. The molecule has 0 radical (unpaired) electrons. The van der Waals surface area contributed by atoms with Crippen molar-refractivity contribution in [3.8, 4) is 5.75 Å². The Hall–Kier alpha value is -1.55. The number of alkyl halides is 5. The molecule has 0 saturated carbocycles. The van der Waals surface area contributed by atoms with Gasteiger partial charge in [0.15, 0.2) is 0 Å². The number of rotatable bonds is 6. The first-order valence-corrected chi connectivity index (χ1v) is 7.74. The summed E-state index contributed by atoms with van der Waals surface area (Å²) in [5, 5.41) is 0. The molecular weight excluding hydrogens is 357 g/mol. The summed E-state index contributed by atoms with van der Waals surface area (Å²) in [6.07, 6.45) is -4.92. The second-order valence-electron chi connectivity index (χ2n) is 5.54. The third-order valence-electron chi connectivity index (χ3n) is 2.48. The van der Waals surface area contributed by atoms with Gasteiger partial charge in [-0.1, -0.05) is 12.1 Å². The van der Waals surface area contributed by atoms with Crippen LogP contribution in [0.25, 0.3) is 0 Å². The molecule has 0 aliphatic heterocycles. The number of halogens is 5. The topological polar surface area (TPSA) is 47.9 Å². The maximum atomic E-state index is 12.3. The van der Waals surface area contributed by atoms with Crippen LogP contribution < -0.4 is 4.74 Å². The molecule has 1 atom stereocenters. The molecule has 1 rings (SSSR count). The molecular formula is C14H16F5NO3S. The first-order chi connectivity index (χ1) is 10.9. The molecule has 0 aliphatic rings. The number of hydrogen-bond donors (Lipinski definition) is 0. The van der Waals surface area contributed by atoms with Gasteiger partial charge in [-0.25, -0.2) is 4.21 Å². The molecule has 0 heterocycles. The van der Waals surface area contributed by atoms with Gasteiger partial charge in [0.05, 0.1) is 17.1 Å². The van der Waals surface area contributed by atoms with Crippen molar-refractivity contribution in [2.45, 2.75) is 38.5 Å². The molecule has 0 aliphatic carbocycles. The molecule has 136 valence electrons. The Bertz CT molecular complexity index is 611. The van der Waals surface area contributed by atoms with Gasteiger partial charge in [-0.05, 0) is 32.9 Å². The largest absolute Gasteiger partial charge is 0.522 e. The monoisotopic (exact) mass is 373 g/mol. The summed E-state index contributed by atoms with van der Waals surface area (Å²) in [5.74, 6) is -0.260. The predicted molar refractivity (Wildman–Crippen MR) is 79.5 cm³/mol. The fourth-order valence-electron chi connectivity index (χ4n) is 1.40. The van der Waals surface area contributed by atoms with E-state index < -0.39 is 35.3 Å². The van der Waals surface area contributed by atoms with Crippen molar-refractivity contribution >= 4 is 16.7 Å². The van der Waals surface area contributed by atoms with Crippen LogP contribution in [-0.2, 0) is 15.7 Å². The number of ether oxygens (including phenoxy) is 2. The van der Waals surface area contributed by atoms with Gasteiger partial charge < -0.3 is 4.74 Å². The van der Waals surface area contributed by atoms with Gasteiger partial charge in [0.25, 0.3) is 0 Å². The summed E-state index contributed by atoms with van der Waals surface area (Å²) in [4.78, 5) is 0. The lowest BCUT2D eigenvalue weighted by Gasteiger charge is -2.16. The SMILES string of the molecule is CC(C)(C)S(=O)N=C(COC(F)(F)F)c1cccc(OC(F)F)c1. The molecule has 10 heteroatoms. The second kappa shape index (κ2) is 8.02.